The summed E-state index contributed by atoms with van der Waals surface area (Å²) in [5, 5.41) is 3.01. The van der Waals surface area contributed by atoms with Crippen molar-refractivity contribution < 1.29 is 9.59 Å². The van der Waals surface area contributed by atoms with Gasteiger partial charge < -0.3 is 20.1 Å². The number of nitrogens with one attached hydrogen (secondary N) is 2. The van der Waals surface area contributed by atoms with Gasteiger partial charge in [-0.15, -0.1) is 0 Å². The monoisotopic (exact) mass is 481 g/mol. The molecule has 5 heterocycles. The molecule has 184 valence electrons. The van der Waals surface area contributed by atoms with Crippen LogP contribution in [-0.4, -0.2) is 64.3 Å². The van der Waals surface area contributed by atoms with Crippen molar-refractivity contribution in [3.8, 4) is 11.1 Å². The summed E-state index contributed by atoms with van der Waals surface area (Å²) >= 11 is 0. The van der Waals surface area contributed by atoms with E-state index in [1.807, 2.05) is 48.2 Å². The van der Waals surface area contributed by atoms with Crippen LogP contribution in [0.25, 0.3) is 22.8 Å². The number of fused-ring (bicyclic) bond motifs is 2. The van der Waals surface area contributed by atoms with Gasteiger partial charge in [-0.05, 0) is 73.8 Å². The first-order chi connectivity index (χ1) is 17.6. The SMILES string of the molecule is Cc1c(C=C2C(=O)Nc3cccc(-c4ccncc4)c32)[nH]c2c1C(=O)N(CCN1CCCCC1)CC2. The number of piperidine rings is 1. The maximum atomic E-state index is 13.4. The highest BCUT2D eigenvalue weighted by molar-refractivity contribution is 6.36. The van der Waals surface area contributed by atoms with Gasteiger partial charge in [-0.2, -0.15) is 0 Å². The van der Waals surface area contributed by atoms with Crippen molar-refractivity contribution in [3.05, 3.63) is 70.8 Å². The van der Waals surface area contributed by atoms with Gasteiger partial charge in [0.25, 0.3) is 11.8 Å². The summed E-state index contributed by atoms with van der Waals surface area (Å²) in [6.45, 7) is 6.69. The zero-order chi connectivity index (χ0) is 24.6. The van der Waals surface area contributed by atoms with E-state index >= 15 is 0 Å². The van der Waals surface area contributed by atoms with Crippen LogP contribution in [0.1, 0.15) is 52.1 Å². The lowest BCUT2D eigenvalue weighted by atomic mass is 9.94. The number of anilines is 1. The number of benzene rings is 1. The Morgan fingerprint density at radius 3 is 2.58 bits per heavy atom. The number of carbonyl (C=O) groups excluding carboxylic acids is 2. The zero-order valence-electron chi connectivity index (χ0n) is 20.6. The Morgan fingerprint density at radius 2 is 1.78 bits per heavy atom. The first-order valence-electron chi connectivity index (χ1n) is 12.9. The summed E-state index contributed by atoms with van der Waals surface area (Å²) in [7, 11) is 0. The minimum Gasteiger partial charge on any atom is -0.358 e. The van der Waals surface area contributed by atoms with Gasteiger partial charge in [-0.1, -0.05) is 18.6 Å². The Labute approximate surface area is 211 Å². The van der Waals surface area contributed by atoms with E-state index in [2.05, 4.69) is 20.2 Å². The average Bonchev–Trinajstić information content (AvgIpc) is 3.41. The second-order valence-corrected chi connectivity index (χ2v) is 9.94. The van der Waals surface area contributed by atoms with E-state index in [0.717, 1.165) is 84.0 Å². The summed E-state index contributed by atoms with van der Waals surface area (Å²) in [6.07, 6.45) is 10.1. The molecule has 0 radical (unpaired) electrons. The van der Waals surface area contributed by atoms with Crippen LogP contribution in [0.4, 0.5) is 5.69 Å². The maximum Gasteiger partial charge on any atom is 0.256 e. The molecule has 6 rings (SSSR count). The topological polar surface area (TPSA) is 81.3 Å². The zero-order valence-corrected chi connectivity index (χ0v) is 20.6. The van der Waals surface area contributed by atoms with Crippen LogP contribution in [0.2, 0.25) is 0 Å². The molecule has 2 amide bonds. The molecule has 0 aliphatic carbocycles. The molecule has 1 saturated heterocycles. The van der Waals surface area contributed by atoms with Gasteiger partial charge >= 0.3 is 0 Å². The molecular weight excluding hydrogens is 450 g/mol. The number of carbonyl (C=O) groups is 2. The second kappa shape index (κ2) is 9.39. The summed E-state index contributed by atoms with van der Waals surface area (Å²) < 4.78 is 0. The Hall–Kier alpha value is -3.71. The van der Waals surface area contributed by atoms with Crippen LogP contribution >= 0.6 is 0 Å². The van der Waals surface area contributed by atoms with E-state index in [-0.39, 0.29) is 11.8 Å². The number of rotatable bonds is 5. The number of likely N-dealkylation sites (tertiary alicyclic amines) is 1. The van der Waals surface area contributed by atoms with Crippen molar-refractivity contribution >= 4 is 29.2 Å². The first-order valence-corrected chi connectivity index (χ1v) is 12.9. The average molecular weight is 482 g/mol. The third-order valence-corrected chi connectivity index (χ3v) is 7.74. The standard InChI is InChI=1S/C29H31N5O2/c1-19-25(31-24-10-15-34(29(36)26(19)24)17-16-33-13-3-2-4-14-33)18-22-27-21(20-8-11-30-12-9-20)6-5-7-23(27)32-28(22)35/h5-9,11-12,18,31H,2-4,10,13-17H2,1H3,(H,32,35). The number of nitrogens with zero attached hydrogens (tertiary/aromatic N) is 3. The Kier molecular flexibility index (Phi) is 5.93. The highest BCUT2D eigenvalue weighted by Crippen LogP contribution is 2.40. The van der Waals surface area contributed by atoms with Crippen LogP contribution in [-0.2, 0) is 11.2 Å². The molecule has 3 aliphatic rings. The number of aromatic amines is 1. The second-order valence-electron chi connectivity index (χ2n) is 9.94. The van der Waals surface area contributed by atoms with Crippen molar-refractivity contribution in [1.82, 2.24) is 19.8 Å². The van der Waals surface area contributed by atoms with E-state index < -0.39 is 0 Å². The van der Waals surface area contributed by atoms with E-state index in [1.165, 1.54) is 19.3 Å². The molecule has 3 aromatic rings. The van der Waals surface area contributed by atoms with Gasteiger partial charge in [0.1, 0.15) is 0 Å². The number of hydrogen-bond donors (Lipinski definition) is 2. The van der Waals surface area contributed by atoms with Crippen LogP contribution < -0.4 is 5.32 Å². The molecule has 1 fully saturated rings. The minimum atomic E-state index is -0.132. The predicted molar refractivity (Wildman–Crippen MR) is 142 cm³/mol. The largest absolute Gasteiger partial charge is 0.358 e. The lowest BCUT2D eigenvalue weighted by Crippen LogP contribution is -2.43. The first kappa shape index (κ1) is 22.7. The Morgan fingerprint density at radius 1 is 0.972 bits per heavy atom. The van der Waals surface area contributed by atoms with E-state index in [4.69, 9.17) is 0 Å². The summed E-state index contributed by atoms with van der Waals surface area (Å²) in [6, 6.07) is 9.80. The summed E-state index contributed by atoms with van der Waals surface area (Å²) in [5.41, 5.74) is 7.76. The van der Waals surface area contributed by atoms with Crippen molar-refractivity contribution in [2.75, 3.05) is 38.0 Å². The molecule has 36 heavy (non-hydrogen) atoms. The number of hydrogen-bond acceptors (Lipinski definition) is 4. The molecule has 0 saturated carbocycles. The molecule has 3 aliphatic heterocycles. The molecule has 7 heteroatoms. The van der Waals surface area contributed by atoms with Crippen LogP contribution in [0.15, 0.2) is 42.7 Å². The van der Waals surface area contributed by atoms with Crippen molar-refractivity contribution in [1.29, 1.82) is 0 Å². The number of pyridine rings is 1. The third-order valence-electron chi connectivity index (χ3n) is 7.74. The fraction of sp³-hybridized carbons (Fsp3) is 0.345. The molecular formula is C29H31N5O2. The summed E-state index contributed by atoms with van der Waals surface area (Å²) in [5.74, 6) is -0.0339. The molecule has 0 unspecified atom stereocenters. The maximum absolute atomic E-state index is 13.4. The third kappa shape index (κ3) is 4.03. The van der Waals surface area contributed by atoms with Crippen LogP contribution in [0.3, 0.4) is 0 Å². The van der Waals surface area contributed by atoms with Gasteiger partial charge in [0.15, 0.2) is 0 Å². The van der Waals surface area contributed by atoms with Gasteiger partial charge in [-0.25, -0.2) is 0 Å². The van der Waals surface area contributed by atoms with Gasteiger partial charge in [0.2, 0.25) is 0 Å². The molecule has 7 nitrogen and oxygen atoms in total. The lowest BCUT2D eigenvalue weighted by molar-refractivity contribution is -0.110. The van der Waals surface area contributed by atoms with Crippen molar-refractivity contribution in [3.63, 3.8) is 0 Å². The molecule has 0 spiro atoms. The van der Waals surface area contributed by atoms with E-state index in [0.29, 0.717) is 5.57 Å². The quantitative estimate of drug-likeness (QED) is 0.531. The normalized spacial score (nSPS) is 18.9. The minimum absolute atomic E-state index is 0.0976. The fourth-order valence-electron chi connectivity index (χ4n) is 5.77. The van der Waals surface area contributed by atoms with Gasteiger partial charge in [-0.3, -0.25) is 14.6 Å². The molecule has 0 atom stereocenters. The van der Waals surface area contributed by atoms with Gasteiger partial charge in [0, 0.05) is 61.1 Å². The highest BCUT2D eigenvalue weighted by Gasteiger charge is 2.31. The number of H-pyrrole nitrogens is 1. The van der Waals surface area contributed by atoms with Crippen LogP contribution in [0, 0.1) is 6.92 Å². The van der Waals surface area contributed by atoms with Crippen molar-refractivity contribution in [2.24, 2.45) is 0 Å². The van der Waals surface area contributed by atoms with Gasteiger partial charge in [0.05, 0.1) is 11.1 Å². The molecule has 2 N–H and O–H groups in total. The smallest absolute Gasteiger partial charge is 0.256 e. The number of amides is 2. The Bertz CT molecular complexity index is 1350. The molecule has 2 aromatic heterocycles. The van der Waals surface area contributed by atoms with Crippen molar-refractivity contribution in [2.45, 2.75) is 32.6 Å². The lowest BCUT2D eigenvalue weighted by Gasteiger charge is -2.32. The summed E-state index contributed by atoms with van der Waals surface area (Å²) in [4.78, 5) is 38.6. The Balaban J connectivity index is 1.31. The molecule has 0 bridgehead atoms. The predicted octanol–water partition coefficient (Wildman–Crippen LogP) is 4.36. The highest BCUT2D eigenvalue weighted by atomic mass is 16.2. The van der Waals surface area contributed by atoms with E-state index in [1.54, 1.807) is 12.4 Å². The van der Waals surface area contributed by atoms with Crippen LogP contribution in [0.5, 0.6) is 0 Å². The molecule has 1 aromatic carbocycles. The fourth-order valence-corrected chi connectivity index (χ4v) is 5.77. The van der Waals surface area contributed by atoms with E-state index in [9.17, 15) is 9.59 Å². The number of aromatic nitrogens is 2.